The van der Waals surface area contributed by atoms with E-state index in [4.69, 9.17) is 0 Å². The van der Waals surface area contributed by atoms with Crippen LogP contribution in [0, 0.1) is 24.7 Å². The average molecular weight is 291 g/mol. The average Bonchev–Trinajstić information content (AvgIpc) is 2.43. The Hall–Kier alpha value is -1.57. The second-order valence-corrected chi connectivity index (χ2v) is 6.69. The molecule has 0 aliphatic rings. The van der Waals surface area contributed by atoms with Crippen molar-refractivity contribution in [3.8, 4) is 11.8 Å². The van der Waals surface area contributed by atoms with Crippen LogP contribution in [-0.4, -0.2) is 25.8 Å². The summed E-state index contributed by atoms with van der Waals surface area (Å²) >= 11 is 0. The molecular formula is C16H21NO2S. The zero-order chi connectivity index (χ0) is 15.2. The molecule has 20 heavy (non-hydrogen) atoms. The topological polar surface area (TPSA) is 37.4 Å². The van der Waals surface area contributed by atoms with Crippen molar-refractivity contribution in [3.05, 3.63) is 42.5 Å². The highest BCUT2D eigenvalue weighted by Gasteiger charge is 2.24. The van der Waals surface area contributed by atoms with Crippen LogP contribution in [-0.2, 0) is 10.0 Å². The van der Waals surface area contributed by atoms with Crippen molar-refractivity contribution in [1.29, 1.82) is 0 Å². The number of sulfonamides is 1. The zero-order valence-corrected chi connectivity index (χ0v) is 13.1. The minimum atomic E-state index is -3.51. The molecular weight excluding hydrogens is 270 g/mol. The van der Waals surface area contributed by atoms with E-state index in [2.05, 4.69) is 18.4 Å². The Morgan fingerprint density at radius 3 is 2.45 bits per heavy atom. The number of benzene rings is 1. The lowest BCUT2D eigenvalue weighted by Gasteiger charge is -2.22. The van der Waals surface area contributed by atoms with Crippen LogP contribution in [0.25, 0.3) is 0 Å². The Labute approximate surface area is 122 Å². The van der Waals surface area contributed by atoms with E-state index in [1.165, 1.54) is 4.31 Å². The van der Waals surface area contributed by atoms with Crippen LogP contribution in [0.1, 0.15) is 19.4 Å². The monoisotopic (exact) mass is 291 g/mol. The first-order valence-electron chi connectivity index (χ1n) is 6.50. The van der Waals surface area contributed by atoms with E-state index >= 15 is 0 Å². The Bertz CT molecular complexity index is 606. The van der Waals surface area contributed by atoms with E-state index in [9.17, 15) is 8.42 Å². The van der Waals surface area contributed by atoms with Crippen molar-refractivity contribution in [2.24, 2.45) is 5.92 Å². The van der Waals surface area contributed by atoms with Crippen LogP contribution >= 0.6 is 0 Å². The molecule has 0 fully saturated rings. The van der Waals surface area contributed by atoms with E-state index in [-0.39, 0.29) is 12.5 Å². The minimum absolute atomic E-state index is 0.0777. The Morgan fingerprint density at radius 1 is 1.35 bits per heavy atom. The zero-order valence-electron chi connectivity index (χ0n) is 12.3. The van der Waals surface area contributed by atoms with Gasteiger partial charge in [-0.1, -0.05) is 36.6 Å². The third-order valence-corrected chi connectivity index (χ3v) is 4.81. The molecule has 0 spiro atoms. The molecule has 0 aliphatic heterocycles. The first kappa shape index (κ1) is 16.5. The third-order valence-electron chi connectivity index (χ3n) is 2.98. The molecule has 0 aliphatic carbocycles. The molecule has 0 heterocycles. The van der Waals surface area contributed by atoms with E-state index in [1.54, 1.807) is 37.3 Å². The Kier molecular flexibility index (Phi) is 6.00. The van der Waals surface area contributed by atoms with Crippen molar-refractivity contribution in [3.63, 3.8) is 0 Å². The van der Waals surface area contributed by atoms with Gasteiger partial charge in [-0.2, -0.15) is 4.31 Å². The quantitative estimate of drug-likeness (QED) is 0.597. The Morgan fingerprint density at radius 2 is 1.95 bits per heavy atom. The first-order chi connectivity index (χ1) is 9.41. The maximum atomic E-state index is 12.6. The molecule has 0 saturated carbocycles. The van der Waals surface area contributed by atoms with Gasteiger partial charge in [0.25, 0.3) is 0 Å². The van der Waals surface area contributed by atoms with Crippen molar-refractivity contribution in [2.75, 3.05) is 13.1 Å². The second kappa shape index (κ2) is 7.28. The van der Waals surface area contributed by atoms with E-state index in [0.29, 0.717) is 11.4 Å². The van der Waals surface area contributed by atoms with Gasteiger partial charge in [-0.25, -0.2) is 8.42 Å². The van der Waals surface area contributed by atoms with E-state index in [0.717, 1.165) is 5.56 Å². The highest BCUT2D eigenvalue weighted by Crippen LogP contribution is 2.17. The summed E-state index contributed by atoms with van der Waals surface area (Å²) in [6.07, 6.45) is 1.75. The van der Waals surface area contributed by atoms with Crippen molar-refractivity contribution < 1.29 is 8.42 Å². The fourth-order valence-corrected chi connectivity index (χ4v) is 3.11. The van der Waals surface area contributed by atoms with Gasteiger partial charge in [0.15, 0.2) is 0 Å². The summed E-state index contributed by atoms with van der Waals surface area (Å²) in [6, 6.07) is 6.87. The fraction of sp³-hybridized carbons (Fsp3) is 0.375. The molecule has 0 bridgehead atoms. The highest BCUT2D eigenvalue weighted by atomic mass is 32.2. The highest BCUT2D eigenvalue weighted by molar-refractivity contribution is 7.89. The number of hydrogen-bond acceptors (Lipinski definition) is 2. The lowest BCUT2D eigenvalue weighted by atomic mass is 10.2. The molecule has 1 aromatic carbocycles. The van der Waals surface area contributed by atoms with Gasteiger partial charge in [0.1, 0.15) is 0 Å². The molecule has 3 nitrogen and oxygen atoms in total. The molecule has 0 amide bonds. The molecule has 0 aromatic heterocycles. The first-order valence-corrected chi connectivity index (χ1v) is 7.94. The molecule has 1 atom stereocenters. The van der Waals surface area contributed by atoms with Crippen LogP contribution in [0.3, 0.4) is 0 Å². The van der Waals surface area contributed by atoms with Crippen LogP contribution in [0.5, 0.6) is 0 Å². The maximum absolute atomic E-state index is 12.6. The number of rotatable bonds is 6. The van der Waals surface area contributed by atoms with Gasteiger partial charge in [0.05, 0.1) is 11.4 Å². The van der Waals surface area contributed by atoms with E-state index in [1.807, 2.05) is 13.8 Å². The Balaban J connectivity index is 3.11. The summed E-state index contributed by atoms with van der Waals surface area (Å²) in [6.45, 7) is 9.85. The summed E-state index contributed by atoms with van der Waals surface area (Å²) in [5.74, 6) is 5.65. The van der Waals surface area contributed by atoms with Crippen LogP contribution < -0.4 is 0 Å². The molecule has 0 N–H and O–H groups in total. The third kappa shape index (κ3) is 4.22. The molecule has 0 saturated heterocycles. The molecule has 1 aromatic rings. The number of hydrogen-bond donors (Lipinski definition) is 0. The van der Waals surface area contributed by atoms with Gasteiger partial charge in [-0.15, -0.1) is 12.5 Å². The van der Waals surface area contributed by atoms with Crippen LogP contribution in [0.2, 0.25) is 0 Å². The van der Waals surface area contributed by atoms with Gasteiger partial charge in [0, 0.05) is 6.54 Å². The number of nitrogens with zero attached hydrogens (tertiary/aromatic N) is 1. The molecule has 4 heteroatoms. The summed E-state index contributed by atoms with van der Waals surface area (Å²) in [5.41, 5.74) is 1.03. The standard InChI is InChI=1S/C16H21NO2S/c1-5-7-12-17(13-14(3)6-2)20(18,19)16-10-8-15(4)9-11-16/h6,8-11,14H,2,12-13H2,1,3-4H3/t14-/m1/s1. The van der Waals surface area contributed by atoms with Gasteiger partial charge in [0.2, 0.25) is 10.0 Å². The second-order valence-electron chi connectivity index (χ2n) is 4.75. The summed E-state index contributed by atoms with van der Waals surface area (Å²) in [7, 11) is -3.51. The van der Waals surface area contributed by atoms with Crippen molar-refractivity contribution >= 4 is 10.0 Å². The summed E-state index contributed by atoms with van der Waals surface area (Å²) < 4.78 is 26.7. The fourth-order valence-electron chi connectivity index (χ4n) is 1.67. The predicted octanol–water partition coefficient (Wildman–Crippen LogP) is 2.83. The van der Waals surface area contributed by atoms with Gasteiger partial charge in [-0.05, 0) is 31.9 Å². The predicted molar refractivity (Wildman–Crippen MR) is 82.7 cm³/mol. The SMILES string of the molecule is C=C[C@@H](C)CN(CC#CC)S(=O)(=O)c1ccc(C)cc1. The largest absolute Gasteiger partial charge is 0.243 e. The van der Waals surface area contributed by atoms with Gasteiger partial charge < -0.3 is 0 Å². The normalized spacial score (nSPS) is 12.6. The maximum Gasteiger partial charge on any atom is 0.243 e. The van der Waals surface area contributed by atoms with Crippen molar-refractivity contribution in [2.45, 2.75) is 25.7 Å². The van der Waals surface area contributed by atoms with Crippen molar-refractivity contribution in [1.82, 2.24) is 4.31 Å². The minimum Gasteiger partial charge on any atom is -0.207 e. The van der Waals surface area contributed by atoms with Gasteiger partial charge >= 0.3 is 0 Å². The molecule has 0 unspecified atom stereocenters. The number of aryl methyl sites for hydroxylation is 1. The molecule has 1 rings (SSSR count). The smallest absolute Gasteiger partial charge is 0.207 e. The lowest BCUT2D eigenvalue weighted by Crippen LogP contribution is -2.34. The van der Waals surface area contributed by atoms with Gasteiger partial charge in [-0.3, -0.25) is 0 Å². The van der Waals surface area contributed by atoms with Crippen LogP contribution in [0.4, 0.5) is 0 Å². The molecule has 0 radical (unpaired) electrons. The summed E-state index contributed by atoms with van der Waals surface area (Å²) in [4.78, 5) is 0.303. The van der Waals surface area contributed by atoms with Crippen LogP contribution in [0.15, 0.2) is 41.8 Å². The lowest BCUT2D eigenvalue weighted by molar-refractivity contribution is 0.414. The van der Waals surface area contributed by atoms with E-state index < -0.39 is 10.0 Å². The molecule has 108 valence electrons. The summed E-state index contributed by atoms with van der Waals surface area (Å²) in [5, 5.41) is 0.